The van der Waals surface area contributed by atoms with Crippen LogP contribution in [0.15, 0.2) is 63.9 Å². The van der Waals surface area contributed by atoms with Crippen LogP contribution >= 0.6 is 23.4 Å². The number of aryl methyl sites for hydroxylation is 1. The van der Waals surface area contributed by atoms with Crippen molar-refractivity contribution in [1.82, 2.24) is 24.5 Å². The third-order valence-corrected chi connectivity index (χ3v) is 8.83. The zero-order valence-corrected chi connectivity index (χ0v) is 20.8. The van der Waals surface area contributed by atoms with Crippen molar-refractivity contribution in [2.75, 3.05) is 18.0 Å². The van der Waals surface area contributed by atoms with Gasteiger partial charge in [0.05, 0.1) is 34.6 Å². The maximum atomic E-state index is 12.5. The number of fused-ring (bicyclic) bond motifs is 2. The normalized spacial score (nSPS) is 18.8. The highest BCUT2D eigenvalue weighted by molar-refractivity contribution is 7.99. The van der Waals surface area contributed by atoms with Crippen LogP contribution in [-0.2, 0) is 13.5 Å². The number of nitrogens with zero attached hydrogens (tertiary/aromatic N) is 6. The average Bonchev–Trinajstić information content (AvgIpc) is 3.15. The molecule has 3 aromatic heterocycles. The van der Waals surface area contributed by atoms with E-state index in [1.165, 1.54) is 28.2 Å². The number of hydrogen-bond acceptors (Lipinski definition) is 8. The lowest BCUT2D eigenvalue weighted by atomic mass is 9.73. The molecule has 0 bridgehead atoms. The van der Waals surface area contributed by atoms with Gasteiger partial charge in [0.25, 0.3) is 5.56 Å². The number of hydrogen-bond donors (Lipinski definition) is 1. The predicted molar refractivity (Wildman–Crippen MR) is 137 cm³/mol. The van der Waals surface area contributed by atoms with E-state index in [9.17, 15) is 4.79 Å². The molecule has 8 nitrogen and oxygen atoms in total. The highest BCUT2D eigenvalue weighted by Crippen LogP contribution is 2.50. The molecule has 0 radical (unpaired) electrons. The molecular weight excluding hydrogens is 482 g/mol. The Bertz CT molecular complexity index is 1480. The van der Waals surface area contributed by atoms with E-state index in [1.807, 2.05) is 18.3 Å². The van der Waals surface area contributed by atoms with Crippen LogP contribution in [0.3, 0.4) is 0 Å². The summed E-state index contributed by atoms with van der Waals surface area (Å²) in [6, 6.07) is 7.80. The SMILES string of the molecule is Cn1cnc2ccc(Sc3cnc(N4CCC5(CC4)Cc4ncccc4[C@H]5N)cn3)c(Cl)c2c1=O. The fourth-order valence-corrected chi connectivity index (χ4v) is 6.40. The molecule has 1 aromatic carbocycles. The van der Waals surface area contributed by atoms with Gasteiger partial charge in [-0.05, 0) is 48.4 Å². The van der Waals surface area contributed by atoms with Crippen LogP contribution in [0.5, 0.6) is 0 Å². The molecule has 35 heavy (non-hydrogen) atoms. The maximum absolute atomic E-state index is 12.5. The van der Waals surface area contributed by atoms with Crippen molar-refractivity contribution in [2.24, 2.45) is 18.2 Å². The van der Waals surface area contributed by atoms with Gasteiger partial charge in [-0.3, -0.25) is 9.78 Å². The van der Waals surface area contributed by atoms with Gasteiger partial charge < -0.3 is 15.2 Å². The highest BCUT2D eigenvalue weighted by atomic mass is 35.5. The average molecular weight is 506 g/mol. The summed E-state index contributed by atoms with van der Waals surface area (Å²) in [6.45, 7) is 1.77. The van der Waals surface area contributed by atoms with E-state index in [2.05, 4.69) is 30.9 Å². The first-order valence-electron chi connectivity index (χ1n) is 11.5. The molecule has 1 atom stereocenters. The quantitative estimate of drug-likeness (QED) is 0.449. The fraction of sp³-hybridized carbons (Fsp3) is 0.320. The molecule has 0 saturated carbocycles. The van der Waals surface area contributed by atoms with Crippen LogP contribution in [0.25, 0.3) is 10.9 Å². The first-order chi connectivity index (χ1) is 16.9. The number of halogens is 1. The number of nitrogens with two attached hydrogens (primary N) is 1. The minimum Gasteiger partial charge on any atom is -0.355 e. The summed E-state index contributed by atoms with van der Waals surface area (Å²) in [5, 5.41) is 1.51. The molecule has 1 spiro atoms. The number of pyridine rings is 1. The van der Waals surface area contributed by atoms with Crippen LogP contribution < -0.4 is 16.2 Å². The van der Waals surface area contributed by atoms with Gasteiger partial charge in [0.2, 0.25) is 0 Å². The molecule has 2 aliphatic rings. The Morgan fingerprint density at radius 3 is 2.69 bits per heavy atom. The van der Waals surface area contributed by atoms with Crippen molar-refractivity contribution in [3.05, 3.63) is 75.8 Å². The van der Waals surface area contributed by atoms with Crippen LogP contribution in [0.2, 0.25) is 5.02 Å². The molecule has 0 amide bonds. The van der Waals surface area contributed by atoms with Gasteiger partial charge >= 0.3 is 0 Å². The van der Waals surface area contributed by atoms with Gasteiger partial charge in [0.1, 0.15) is 10.8 Å². The lowest BCUT2D eigenvalue weighted by Crippen LogP contribution is -2.44. The van der Waals surface area contributed by atoms with Crippen molar-refractivity contribution in [1.29, 1.82) is 0 Å². The molecule has 1 aliphatic heterocycles. The topological polar surface area (TPSA) is 103 Å². The maximum Gasteiger partial charge on any atom is 0.262 e. The first-order valence-corrected chi connectivity index (χ1v) is 12.7. The van der Waals surface area contributed by atoms with E-state index in [-0.39, 0.29) is 17.0 Å². The van der Waals surface area contributed by atoms with E-state index in [0.717, 1.165) is 48.8 Å². The second kappa shape index (κ2) is 8.58. The first kappa shape index (κ1) is 22.5. The van der Waals surface area contributed by atoms with Crippen molar-refractivity contribution in [3.8, 4) is 0 Å². The summed E-state index contributed by atoms with van der Waals surface area (Å²) in [4.78, 5) is 33.7. The highest BCUT2D eigenvalue weighted by Gasteiger charge is 2.46. The van der Waals surface area contributed by atoms with Gasteiger partial charge in [-0.15, -0.1) is 0 Å². The number of rotatable bonds is 3. The largest absolute Gasteiger partial charge is 0.355 e. The summed E-state index contributed by atoms with van der Waals surface area (Å²) in [5.74, 6) is 0.856. The van der Waals surface area contributed by atoms with Crippen molar-refractivity contribution in [2.45, 2.75) is 35.2 Å². The van der Waals surface area contributed by atoms with Gasteiger partial charge in [0, 0.05) is 43.0 Å². The number of anilines is 1. The van der Waals surface area contributed by atoms with E-state index < -0.39 is 0 Å². The van der Waals surface area contributed by atoms with Crippen LogP contribution in [-0.4, -0.2) is 37.6 Å². The Morgan fingerprint density at radius 1 is 1.11 bits per heavy atom. The predicted octanol–water partition coefficient (Wildman–Crippen LogP) is 3.77. The van der Waals surface area contributed by atoms with Crippen molar-refractivity contribution < 1.29 is 0 Å². The molecule has 1 aliphatic carbocycles. The zero-order valence-electron chi connectivity index (χ0n) is 19.2. The van der Waals surface area contributed by atoms with Crippen LogP contribution in [0.4, 0.5) is 5.82 Å². The second-order valence-electron chi connectivity index (χ2n) is 9.29. The summed E-state index contributed by atoms with van der Waals surface area (Å²) in [7, 11) is 1.66. The van der Waals surface area contributed by atoms with Gasteiger partial charge in [-0.25, -0.2) is 15.0 Å². The number of benzene rings is 1. The molecule has 4 heterocycles. The molecule has 4 aromatic rings. The zero-order chi connectivity index (χ0) is 24.2. The van der Waals surface area contributed by atoms with Gasteiger partial charge in [-0.1, -0.05) is 29.4 Å². The fourth-order valence-electron chi connectivity index (χ4n) is 5.28. The third-order valence-electron chi connectivity index (χ3n) is 7.34. The van der Waals surface area contributed by atoms with E-state index in [1.54, 1.807) is 25.5 Å². The Labute approximate surface area is 211 Å². The Hall–Kier alpha value is -3.01. The Balaban J connectivity index is 1.16. The summed E-state index contributed by atoms with van der Waals surface area (Å²) < 4.78 is 1.42. The second-order valence-corrected chi connectivity index (χ2v) is 10.7. The third kappa shape index (κ3) is 3.78. The minimum atomic E-state index is -0.174. The molecule has 1 fully saturated rings. The lowest BCUT2D eigenvalue weighted by Gasteiger charge is -2.42. The lowest BCUT2D eigenvalue weighted by molar-refractivity contribution is 0.186. The smallest absolute Gasteiger partial charge is 0.262 e. The standard InChI is InChI=1S/C25H24ClN7OS/c1-32-14-31-16-4-5-18(22(26)21(16)24(32)34)35-20-13-29-19(12-30-20)33-9-6-25(7-10-33)11-17-15(23(25)27)3-2-8-28-17/h2-5,8,12-14,23H,6-7,9-11,27H2,1H3/t23-/m1/s1. The molecule has 10 heteroatoms. The number of aromatic nitrogens is 5. The van der Waals surface area contributed by atoms with E-state index >= 15 is 0 Å². The molecule has 0 unspecified atom stereocenters. The van der Waals surface area contributed by atoms with Crippen molar-refractivity contribution in [3.63, 3.8) is 0 Å². The summed E-state index contributed by atoms with van der Waals surface area (Å²) in [6.07, 6.45) is 9.86. The minimum absolute atomic E-state index is 0.0388. The van der Waals surface area contributed by atoms with Gasteiger partial charge in [0.15, 0.2) is 0 Å². The van der Waals surface area contributed by atoms with Crippen LogP contribution in [0.1, 0.15) is 30.1 Å². The van der Waals surface area contributed by atoms with E-state index in [0.29, 0.717) is 21.0 Å². The number of piperidine rings is 1. The molecule has 2 N–H and O–H groups in total. The molecule has 178 valence electrons. The van der Waals surface area contributed by atoms with Gasteiger partial charge in [-0.2, -0.15) is 0 Å². The van der Waals surface area contributed by atoms with Crippen molar-refractivity contribution >= 4 is 40.1 Å². The summed E-state index contributed by atoms with van der Waals surface area (Å²) in [5.41, 5.74) is 9.50. The molecule has 6 rings (SSSR count). The monoisotopic (exact) mass is 505 g/mol. The Kier molecular flexibility index (Phi) is 5.51. The molecular formula is C25H24ClN7OS. The molecule has 1 saturated heterocycles. The van der Waals surface area contributed by atoms with Crippen LogP contribution in [0, 0.1) is 5.41 Å². The Morgan fingerprint density at radius 2 is 1.94 bits per heavy atom. The van der Waals surface area contributed by atoms with E-state index in [4.69, 9.17) is 17.3 Å². The summed E-state index contributed by atoms with van der Waals surface area (Å²) >= 11 is 7.97.